The lowest BCUT2D eigenvalue weighted by Gasteiger charge is -2.25. The van der Waals surface area contributed by atoms with E-state index in [1.807, 2.05) is 84.9 Å². The summed E-state index contributed by atoms with van der Waals surface area (Å²) in [5.74, 6) is 0.117. The minimum atomic E-state index is -0.501. The van der Waals surface area contributed by atoms with Crippen LogP contribution in [0.2, 0.25) is 0 Å². The van der Waals surface area contributed by atoms with Crippen molar-refractivity contribution in [2.45, 2.75) is 44.4 Å². The fraction of sp³-hybridized carbons (Fsp3) is 0.211. The Hall–Kier alpha value is -4.42. The summed E-state index contributed by atoms with van der Waals surface area (Å²) in [6, 6.07) is 36.3. The van der Waals surface area contributed by atoms with Crippen LogP contribution in [0.15, 0.2) is 129 Å². The highest BCUT2D eigenvalue weighted by Gasteiger charge is 2.38. The van der Waals surface area contributed by atoms with Gasteiger partial charge in [-0.25, -0.2) is 4.79 Å². The van der Waals surface area contributed by atoms with E-state index in [-0.39, 0.29) is 35.0 Å². The summed E-state index contributed by atoms with van der Waals surface area (Å²) >= 11 is 3.49. The van der Waals surface area contributed by atoms with Crippen LogP contribution in [-0.4, -0.2) is 11.0 Å². The molecule has 0 radical (unpaired) electrons. The predicted octanol–water partition coefficient (Wildman–Crippen LogP) is 9.36. The Labute approximate surface area is 265 Å². The average Bonchev–Trinajstić information content (AvgIpc) is 3.89. The molecule has 5 nitrogen and oxygen atoms in total. The second-order valence-electron chi connectivity index (χ2n) is 11.4. The van der Waals surface area contributed by atoms with E-state index in [1.165, 1.54) is 0 Å². The molecule has 2 atom stereocenters. The summed E-state index contributed by atoms with van der Waals surface area (Å²) in [7, 11) is 0. The van der Waals surface area contributed by atoms with Gasteiger partial charge in [0, 0.05) is 39.3 Å². The summed E-state index contributed by atoms with van der Waals surface area (Å²) in [6.45, 7) is 2.06. The van der Waals surface area contributed by atoms with E-state index in [9.17, 15) is 14.7 Å². The zero-order valence-corrected chi connectivity index (χ0v) is 26.1. The molecule has 1 aliphatic rings. The minimum Gasteiger partial charge on any atom is -0.507 e. The smallest absolute Gasteiger partial charge is 0.343 e. The molecule has 5 aromatic rings. The number of carbonyl (C=O) groups is 1. The number of hydrogen-bond acceptors (Lipinski definition) is 4. The third-order valence-electron chi connectivity index (χ3n) is 8.41. The maximum absolute atomic E-state index is 13.9. The molecule has 44 heavy (non-hydrogen) atoms. The van der Waals surface area contributed by atoms with Gasteiger partial charge >= 0.3 is 5.63 Å². The molecule has 0 bridgehead atoms. The van der Waals surface area contributed by atoms with Crippen molar-refractivity contribution in [3.05, 3.63) is 158 Å². The quantitative estimate of drug-likeness (QED) is 0.164. The minimum absolute atomic E-state index is 0.0313. The molecule has 0 spiro atoms. The van der Waals surface area contributed by atoms with Crippen LogP contribution >= 0.6 is 15.9 Å². The highest BCUT2D eigenvalue weighted by Crippen LogP contribution is 2.48. The van der Waals surface area contributed by atoms with Gasteiger partial charge in [0.25, 0.3) is 5.91 Å². The van der Waals surface area contributed by atoms with Crippen LogP contribution < -0.4 is 10.5 Å². The molecule has 0 saturated heterocycles. The van der Waals surface area contributed by atoms with Crippen LogP contribution in [0.5, 0.6) is 5.75 Å². The van der Waals surface area contributed by atoms with Gasteiger partial charge < -0.3 is 9.52 Å². The molecule has 1 amide bonds. The van der Waals surface area contributed by atoms with Gasteiger partial charge in [-0.15, -0.1) is 0 Å². The second-order valence-corrected chi connectivity index (χ2v) is 12.3. The fourth-order valence-corrected chi connectivity index (χ4v) is 6.25. The van der Waals surface area contributed by atoms with Crippen LogP contribution in [0.4, 0.5) is 11.4 Å². The first kappa shape index (κ1) is 29.6. The van der Waals surface area contributed by atoms with E-state index in [0.717, 1.165) is 40.5 Å². The molecule has 1 saturated carbocycles. The fourth-order valence-electron chi connectivity index (χ4n) is 5.99. The number of aromatic hydroxyl groups is 1. The molecular formula is C38H34BrNO4. The van der Waals surface area contributed by atoms with Crippen molar-refractivity contribution >= 4 is 33.2 Å². The zero-order valence-electron chi connectivity index (χ0n) is 24.5. The second kappa shape index (κ2) is 13.1. The summed E-state index contributed by atoms with van der Waals surface area (Å²) in [5.41, 5.74) is 3.76. The van der Waals surface area contributed by atoms with Crippen molar-refractivity contribution < 1.29 is 14.3 Å². The summed E-state index contributed by atoms with van der Waals surface area (Å²) in [4.78, 5) is 29.2. The van der Waals surface area contributed by atoms with Crippen LogP contribution in [0, 0.1) is 5.92 Å². The lowest BCUT2D eigenvalue weighted by molar-refractivity contribution is 0.0999. The average molecular weight is 649 g/mol. The summed E-state index contributed by atoms with van der Waals surface area (Å²) < 4.78 is 6.88. The van der Waals surface area contributed by atoms with Gasteiger partial charge in [0.15, 0.2) is 0 Å². The first-order chi connectivity index (χ1) is 21.4. The molecule has 6 heteroatoms. The number of anilines is 2. The molecule has 1 heterocycles. The third kappa shape index (κ3) is 6.41. The Morgan fingerprint density at radius 2 is 1.57 bits per heavy atom. The Morgan fingerprint density at radius 3 is 2.20 bits per heavy atom. The van der Waals surface area contributed by atoms with Gasteiger partial charge in [0.05, 0.1) is 5.56 Å². The van der Waals surface area contributed by atoms with Gasteiger partial charge in [-0.2, -0.15) is 0 Å². The number of hydrogen-bond donors (Lipinski definition) is 1. The largest absolute Gasteiger partial charge is 0.507 e. The number of halogens is 1. The lowest BCUT2D eigenvalue weighted by atomic mass is 9.86. The van der Waals surface area contributed by atoms with Gasteiger partial charge in [-0.3, -0.25) is 9.69 Å². The predicted molar refractivity (Wildman–Crippen MR) is 178 cm³/mol. The first-order valence-electron chi connectivity index (χ1n) is 15.1. The molecule has 222 valence electrons. The molecule has 1 fully saturated rings. The standard InChI is InChI=1S/C38H34BrNO4/c1-2-26(22-25-10-5-3-6-11-25)34-24-33(41)36(38(43)44-34)35(27-16-17-27)29-14-9-15-32(23-29)40(31-20-18-30(39)19-21-31)37(42)28-12-7-4-8-13-28/h3-15,18-21,23-24,26-27,35,41H,2,16-17,22H2,1H3. The summed E-state index contributed by atoms with van der Waals surface area (Å²) in [6.07, 6.45) is 3.38. The Balaban J connectivity index is 1.38. The maximum Gasteiger partial charge on any atom is 0.343 e. The van der Waals surface area contributed by atoms with Crippen molar-refractivity contribution in [1.82, 2.24) is 0 Å². The van der Waals surface area contributed by atoms with Crippen molar-refractivity contribution in [2.24, 2.45) is 5.92 Å². The van der Waals surface area contributed by atoms with Crippen LogP contribution in [0.3, 0.4) is 0 Å². The van der Waals surface area contributed by atoms with Gasteiger partial charge in [-0.1, -0.05) is 83.5 Å². The van der Waals surface area contributed by atoms with Crippen LogP contribution in [-0.2, 0) is 6.42 Å². The van der Waals surface area contributed by atoms with E-state index in [2.05, 4.69) is 35.0 Å². The van der Waals surface area contributed by atoms with E-state index >= 15 is 0 Å². The van der Waals surface area contributed by atoms with Crippen LogP contribution in [0.25, 0.3) is 0 Å². The molecular weight excluding hydrogens is 614 g/mol. The van der Waals surface area contributed by atoms with Gasteiger partial charge in [-0.05, 0) is 91.3 Å². The van der Waals surface area contributed by atoms with Crippen molar-refractivity contribution in [2.75, 3.05) is 4.90 Å². The first-order valence-corrected chi connectivity index (χ1v) is 15.9. The van der Waals surface area contributed by atoms with Crippen molar-refractivity contribution in [1.29, 1.82) is 0 Å². The van der Waals surface area contributed by atoms with Crippen molar-refractivity contribution in [3.63, 3.8) is 0 Å². The SMILES string of the molecule is CCC(Cc1ccccc1)c1cc(O)c(C(c2cccc(N(C(=O)c3ccccc3)c3ccc(Br)cc3)c2)C2CC2)c(=O)o1. The number of rotatable bonds is 10. The monoisotopic (exact) mass is 647 g/mol. The van der Waals surface area contributed by atoms with Crippen LogP contribution in [0.1, 0.15) is 70.8 Å². The third-order valence-corrected chi connectivity index (χ3v) is 8.93. The Bertz CT molecular complexity index is 1800. The van der Waals surface area contributed by atoms with Crippen molar-refractivity contribution in [3.8, 4) is 5.75 Å². The Kier molecular flexibility index (Phi) is 8.80. The zero-order chi connectivity index (χ0) is 30.6. The maximum atomic E-state index is 13.9. The van der Waals surface area contributed by atoms with E-state index in [4.69, 9.17) is 4.42 Å². The van der Waals surface area contributed by atoms with E-state index in [1.54, 1.807) is 23.1 Å². The molecule has 6 rings (SSSR count). The number of benzene rings is 4. The molecule has 1 aromatic heterocycles. The number of carbonyl (C=O) groups excluding carboxylic acids is 1. The molecule has 4 aromatic carbocycles. The normalized spacial score (nSPS) is 14.1. The number of nitrogens with zero attached hydrogens (tertiary/aromatic N) is 1. The summed E-state index contributed by atoms with van der Waals surface area (Å²) in [5, 5.41) is 11.4. The molecule has 2 unspecified atom stereocenters. The molecule has 0 aliphatic heterocycles. The molecule has 1 N–H and O–H groups in total. The lowest BCUT2D eigenvalue weighted by Crippen LogP contribution is -2.26. The van der Waals surface area contributed by atoms with Gasteiger partial charge in [0.1, 0.15) is 11.5 Å². The highest BCUT2D eigenvalue weighted by atomic mass is 79.9. The van der Waals surface area contributed by atoms with E-state index in [0.29, 0.717) is 23.4 Å². The number of amides is 1. The van der Waals surface area contributed by atoms with Gasteiger partial charge in [0.2, 0.25) is 0 Å². The topological polar surface area (TPSA) is 70.8 Å². The van der Waals surface area contributed by atoms with E-state index < -0.39 is 5.63 Å². The molecule has 1 aliphatic carbocycles. The highest BCUT2D eigenvalue weighted by molar-refractivity contribution is 9.10. The Morgan fingerprint density at radius 1 is 0.886 bits per heavy atom.